The highest BCUT2D eigenvalue weighted by molar-refractivity contribution is 5.93. The first kappa shape index (κ1) is 15.9. The van der Waals surface area contributed by atoms with E-state index < -0.39 is 0 Å². The van der Waals surface area contributed by atoms with Gasteiger partial charge in [0.05, 0.1) is 25.6 Å². The second-order valence-electron chi connectivity index (χ2n) is 5.19. The predicted octanol–water partition coefficient (Wildman–Crippen LogP) is 3.10. The van der Waals surface area contributed by atoms with Crippen molar-refractivity contribution in [2.24, 2.45) is 0 Å². The Balaban J connectivity index is 1.86. The summed E-state index contributed by atoms with van der Waals surface area (Å²) in [5.74, 6) is 1.23. The molecule has 0 bridgehead atoms. The minimum Gasteiger partial charge on any atom is -0.496 e. The van der Waals surface area contributed by atoms with Crippen LogP contribution in [0.1, 0.15) is 23.2 Å². The Morgan fingerprint density at radius 1 is 1.29 bits per heavy atom. The second kappa shape index (κ2) is 7.04. The zero-order valence-corrected chi connectivity index (χ0v) is 13.7. The molecule has 0 aliphatic carbocycles. The number of nitrogens with one attached hydrogen (secondary N) is 1. The smallest absolute Gasteiger partial charge is 0.269 e. The normalized spacial score (nSPS) is 10.6. The van der Waals surface area contributed by atoms with Gasteiger partial charge in [-0.05, 0) is 37.3 Å². The van der Waals surface area contributed by atoms with Crippen LogP contribution in [0, 0.1) is 0 Å². The van der Waals surface area contributed by atoms with Crippen LogP contribution in [0.25, 0.3) is 11.3 Å². The van der Waals surface area contributed by atoms with Gasteiger partial charge in [-0.15, -0.1) is 0 Å². The number of nitrogens with zero attached hydrogens (tertiary/aromatic N) is 2. The maximum Gasteiger partial charge on any atom is 0.269 e. The summed E-state index contributed by atoms with van der Waals surface area (Å²) in [6.07, 6.45) is 1.58. The Kier molecular flexibility index (Phi) is 4.65. The number of furan rings is 1. The van der Waals surface area contributed by atoms with Crippen LogP contribution in [-0.2, 0) is 13.1 Å². The van der Waals surface area contributed by atoms with E-state index >= 15 is 0 Å². The Bertz CT molecular complexity index is 822. The number of carbonyl (C=O) groups excluding carboxylic acids is 1. The lowest BCUT2D eigenvalue weighted by molar-refractivity contribution is 0.0937. The molecule has 0 unspecified atom stereocenters. The van der Waals surface area contributed by atoms with Crippen LogP contribution in [0.5, 0.6) is 5.75 Å². The molecule has 3 rings (SSSR count). The molecule has 0 radical (unpaired) electrons. The number of rotatable bonds is 6. The van der Waals surface area contributed by atoms with Gasteiger partial charge in [0.1, 0.15) is 17.2 Å². The van der Waals surface area contributed by atoms with Gasteiger partial charge in [0, 0.05) is 12.1 Å². The minimum absolute atomic E-state index is 0.193. The van der Waals surface area contributed by atoms with Crippen molar-refractivity contribution in [3.8, 4) is 17.0 Å². The van der Waals surface area contributed by atoms with Crippen LogP contribution in [0.3, 0.4) is 0 Å². The summed E-state index contributed by atoms with van der Waals surface area (Å²) in [5.41, 5.74) is 2.06. The van der Waals surface area contributed by atoms with E-state index in [0.717, 1.165) is 11.3 Å². The molecule has 3 aromatic rings. The lowest BCUT2D eigenvalue weighted by Crippen LogP contribution is -2.25. The van der Waals surface area contributed by atoms with E-state index in [0.29, 0.717) is 30.2 Å². The van der Waals surface area contributed by atoms with Crippen LogP contribution in [0.2, 0.25) is 0 Å². The fourth-order valence-corrected chi connectivity index (χ4v) is 2.50. The third-order valence-corrected chi connectivity index (χ3v) is 3.70. The predicted molar refractivity (Wildman–Crippen MR) is 89.8 cm³/mol. The van der Waals surface area contributed by atoms with Crippen molar-refractivity contribution >= 4 is 5.91 Å². The molecule has 0 atom stereocenters. The lowest BCUT2D eigenvalue weighted by atomic mass is 10.1. The van der Waals surface area contributed by atoms with Gasteiger partial charge < -0.3 is 14.5 Å². The molecule has 2 aromatic heterocycles. The molecule has 124 valence electrons. The molecular formula is C18H19N3O3. The van der Waals surface area contributed by atoms with Gasteiger partial charge in [-0.3, -0.25) is 9.48 Å². The van der Waals surface area contributed by atoms with E-state index in [9.17, 15) is 4.79 Å². The van der Waals surface area contributed by atoms with Gasteiger partial charge in [0.25, 0.3) is 5.91 Å². The topological polar surface area (TPSA) is 69.3 Å². The molecule has 1 N–H and O–H groups in total. The largest absolute Gasteiger partial charge is 0.496 e. The van der Waals surface area contributed by atoms with E-state index in [1.54, 1.807) is 30.2 Å². The Hall–Kier alpha value is -3.02. The zero-order chi connectivity index (χ0) is 16.9. The molecule has 0 fully saturated rings. The molecule has 0 saturated carbocycles. The van der Waals surface area contributed by atoms with E-state index in [1.807, 2.05) is 37.3 Å². The van der Waals surface area contributed by atoms with Crippen LogP contribution >= 0.6 is 0 Å². The molecule has 0 aliphatic heterocycles. The van der Waals surface area contributed by atoms with Crippen molar-refractivity contribution in [3.05, 3.63) is 60.2 Å². The minimum atomic E-state index is -0.193. The van der Waals surface area contributed by atoms with Crippen molar-refractivity contribution in [1.29, 1.82) is 0 Å². The summed E-state index contributed by atoms with van der Waals surface area (Å²) in [4.78, 5) is 12.5. The maximum atomic E-state index is 12.5. The molecule has 24 heavy (non-hydrogen) atoms. The summed E-state index contributed by atoms with van der Waals surface area (Å²) in [5, 5.41) is 7.37. The van der Waals surface area contributed by atoms with Gasteiger partial charge in [-0.1, -0.05) is 12.1 Å². The molecule has 6 heteroatoms. The second-order valence-corrected chi connectivity index (χ2v) is 5.19. The highest BCUT2D eigenvalue weighted by Gasteiger charge is 2.17. The van der Waals surface area contributed by atoms with E-state index in [2.05, 4.69) is 10.4 Å². The SMILES string of the molecule is CCn1nc(-c2ccccc2OC)cc1C(=O)NCc1ccco1. The highest BCUT2D eigenvalue weighted by Crippen LogP contribution is 2.29. The average molecular weight is 325 g/mol. The standard InChI is InChI=1S/C18H19N3O3/c1-3-21-16(18(22)19-12-13-7-6-10-24-13)11-15(20-21)14-8-4-5-9-17(14)23-2/h4-11H,3,12H2,1-2H3,(H,19,22). The molecule has 0 saturated heterocycles. The van der Waals surface area contributed by atoms with E-state index in [4.69, 9.17) is 9.15 Å². The number of hydrogen-bond donors (Lipinski definition) is 1. The van der Waals surface area contributed by atoms with E-state index in [-0.39, 0.29) is 5.91 Å². The van der Waals surface area contributed by atoms with Crippen molar-refractivity contribution < 1.29 is 13.9 Å². The van der Waals surface area contributed by atoms with E-state index in [1.165, 1.54) is 0 Å². The fraction of sp³-hybridized carbons (Fsp3) is 0.222. The van der Waals surface area contributed by atoms with Gasteiger partial charge in [0.15, 0.2) is 0 Å². The van der Waals surface area contributed by atoms with Crippen LogP contribution in [0.15, 0.2) is 53.1 Å². The molecular weight excluding hydrogens is 306 g/mol. The fourth-order valence-electron chi connectivity index (χ4n) is 2.50. The number of para-hydroxylation sites is 1. The first-order valence-corrected chi connectivity index (χ1v) is 7.74. The average Bonchev–Trinajstić information content (AvgIpc) is 3.29. The Labute approximate surface area is 140 Å². The number of ether oxygens (including phenoxy) is 1. The zero-order valence-electron chi connectivity index (χ0n) is 13.7. The Morgan fingerprint density at radius 3 is 2.83 bits per heavy atom. The molecule has 0 aliphatic rings. The summed E-state index contributed by atoms with van der Waals surface area (Å²) < 4.78 is 12.3. The molecule has 0 spiro atoms. The molecule has 1 aromatic carbocycles. The number of aryl methyl sites for hydroxylation is 1. The summed E-state index contributed by atoms with van der Waals surface area (Å²) in [6, 6.07) is 13.0. The van der Waals surface area contributed by atoms with Crippen LogP contribution < -0.4 is 10.1 Å². The molecule has 6 nitrogen and oxygen atoms in total. The van der Waals surface area contributed by atoms with Crippen molar-refractivity contribution in [1.82, 2.24) is 15.1 Å². The van der Waals surface area contributed by atoms with Gasteiger partial charge in [-0.2, -0.15) is 5.10 Å². The first-order valence-electron chi connectivity index (χ1n) is 7.74. The first-order chi connectivity index (χ1) is 11.7. The number of benzene rings is 1. The Morgan fingerprint density at radius 2 is 2.12 bits per heavy atom. The van der Waals surface area contributed by atoms with Crippen molar-refractivity contribution in [2.45, 2.75) is 20.0 Å². The highest BCUT2D eigenvalue weighted by atomic mass is 16.5. The van der Waals surface area contributed by atoms with Gasteiger partial charge in [-0.25, -0.2) is 0 Å². The molecule has 2 heterocycles. The monoisotopic (exact) mass is 325 g/mol. The van der Waals surface area contributed by atoms with Gasteiger partial charge in [0.2, 0.25) is 0 Å². The van der Waals surface area contributed by atoms with Crippen molar-refractivity contribution in [3.63, 3.8) is 0 Å². The van der Waals surface area contributed by atoms with Crippen LogP contribution in [-0.4, -0.2) is 22.8 Å². The summed E-state index contributed by atoms with van der Waals surface area (Å²) >= 11 is 0. The number of methoxy groups -OCH3 is 1. The molecule has 1 amide bonds. The number of amides is 1. The number of carbonyl (C=O) groups is 1. The van der Waals surface area contributed by atoms with Crippen LogP contribution in [0.4, 0.5) is 0 Å². The summed E-state index contributed by atoms with van der Waals surface area (Å²) in [7, 11) is 1.62. The lowest BCUT2D eigenvalue weighted by Gasteiger charge is -2.05. The maximum absolute atomic E-state index is 12.5. The van der Waals surface area contributed by atoms with Crippen molar-refractivity contribution in [2.75, 3.05) is 7.11 Å². The number of hydrogen-bond acceptors (Lipinski definition) is 4. The number of aromatic nitrogens is 2. The van der Waals surface area contributed by atoms with Gasteiger partial charge >= 0.3 is 0 Å². The summed E-state index contributed by atoms with van der Waals surface area (Å²) in [6.45, 7) is 2.88. The third-order valence-electron chi connectivity index (χ3n) is 3.70. The third kappa shape index (κ3) is 3.17. The quantitative estimate of drug-likeness (QED) is 0.756.